The van der Waals surface area contributed by atoms with E-state index in [-0.39, 0.29) is 30.7 Å². The maximum absolute atomic E-state index is 13.1. The summed E-state index contributed by atoms with van der Waals surface area (Å²) in [6.07, 6.45) is 3.03. The standard InChI is InChI=1S/C21H29N3OS.2ClH/c1-4-13-24(18-9-11-22-12-10-18)21(25)19-14-26-20(23-19)17-7-5-16(6-8-17)15(2)3;;/h5-8,14-15,18,22H,4,9-13H2,1-3H3;2*1H. The minimum absolute atomic E-state index is 0. The lowest BCUT2D eigenvalue weighted by atomic mass is 10.0. The molecule has 1 aromatic carbocycles. The number of thiazole rings is 1. The minimum atomic E-state index is 0. The number of halogens is 2. The molecule has 156 valence electrons. The maximum atomic E-state index is 13.1. The van der Waals surface area contributed by atoms with Crippen molar-refractivity contribution in [3.05, 3.63) is 40.9 Å². The van der Waals surface area contributed by atoms with Crippen LogP contribution in [0.3, 0.4) is 0 Å². The van der Waals surface area contributed by atoms with Gasteiger partial charge in [-0.25, -0.2) is 4.98 Å². The molecule has 3 rings (SSSR count). The molecule has 1 saturated heterocycles. The number of hydrogen-bond acceptors (Lipinski definition) is 4. The van der Waals surface area contributed by atoms with Crippen LogP contribution in [0.4, 0.5) is 0 Å². The Bertz CT molecular complexity index is 728. The van der Waals surface area contributed by atoms with E-state index in [1.165, 1.54) is 5.56 Å². The van der Waals surface area contributed by atoms with Crippen LogP contribution in [0.1, 0.15) is 62.0 Å². The van der Waals surface area contributed by atoms with E-state index in [4.69, 9.17) is 0 Å². The highest BCUT2D eigenvalue weighted by atomic mass is 35.5. The molecular formula is C21H31Cl2N3OS. The van der Waals surface area contributed by atoms with Crippen LogP contribution in [0.25, 0.3) is 10.6 Å². The molecule has 2 aromatic rings. The van der Waals surface area contributed by atoms with Gasteiger partial charge in [0.25, 0.3) is 5.91 Å². The zero-order valence-electron chi connectivity index (χ0n) is 16.8. The number of aromatic nitrogens is 1. The molecule has 1 aromatic heterocycles. The summed E-state index contributed by atoms with van der Waals surface area (Å²) in [6.45, 7) is 9.30. The molecule has 1 fully saturated rings. The normalized spacial score (nSPS) is 14.3. The Morgan fingerprint density at radius 1 is 1.21 bits per heavy atom. The monoisotopic (exact) mass is 443 g/mol. The molecule has 1 aliphatic rings. The molecule has 0 aliphatic carbocycles. The third-order valence-electron chi connectivity index (χ3n) is 5.02. The van der Waals surface area contributed by atoms with Gasteiger partial charge in [-0.1, -0.05) is 45.0 Å². The number of hydrogen-bond donors (Lipinski definition) is 1. The quantitative estimate of drug-likeness (QED) is 0.651. The summed E-state index contributed by atoms with van der Waals surface area (Å²) < 4.78 is 0. The number of piperidine rings is 1. The van der Waals surface area contributed by atoms with Crippen LogP contribution in [0.2, 0.25) is 0 Å². The van der Waals surface area contributed by atoms with Crippen LogP contribution in [0.5, 0.6) is 0 Å². The van der Waals surface area contributed by atoms with E-state index in [0.717, 1.165) is 49.5 Å². The zero-order valence-corrected chi connectivity index (χ0v) is 19.3. The first-order valence-corrected chi connectivity index (χ1v) is 10.6. The average Bonchev–Trinajstić information content (AvgIpc) is 3.16. The van der Waals surface area contributed by atoms with Gasteiger partial charge in [-0.3, -0.25) is 4.79 Å². The molecule has 28 heavy (non-hydrogen) atoms. The van der Waals surface area contributed by atoms with Crippen molar-refractivity contribution in [2.75, 3.05) is 19.6 Å². The summed E-state index contributed by atoms with van der Waals surface area (Å²) in [5.74, 6) is 0.602. The van der Waals surface area contributed by atoms with Crippen molar-refractivity contribution < 1.29 is 4.79 Å². The predicted octanol–water partition coefficient (Wildman–Crippen LogP) is 5.38. The fourth-order valence-corrected chi connectivity index (χ4v) is 4.27. The Hall–Kier alpha value is -1.14. The molecular weight excluding hydrogens is 413 g/mol. The van der Waals surface area contributed by atoms with Crippen LogP contribution >= 0.6 is 36.2 Å². The molecule has 7 heteroatoms. The van der Waals surface area contributed by atoms with Crippen molar-refractivity contribution in [2.24, 2.45) is 0 Å². The summed E-state index contributed by atoms with van der Waals surface area (Å²) in [5, 5.41) is 6.21. The first-order chi connectivity index (χ1) is 12.6. The second-order valence-electron chi connectivity index (χ2n) is 7.29. The van der Waals surface area contributed by atoms with Gasteiger partial charge in [-0.15, -0.1) is 36.2 Å². The SMILES string of the molecule is CCCN(C(=O)c1csc(-c2ccc(C(C)C)cc2)n1)C1CCNCC1.Cl.Cl. The van der Waals surface area contributed by atoms with Gasteiger partial charge in [-0.2, -0.15) is 0 Å². The maximum Gasteiger partial charge on any atom is 0.273 e. The Labute approximate surface area is 184 Å². The number of nitrogens with zero attached hydrogens (tertiary/aromatic N) is 2. The predicted molar refractivity (Wildman–Crippen MR) is 123 cm³/mol. The highest BCUT2D eigenvalue weighted by molar-refractivity contribution is 7.13. The van der Waals surface area contributed by atoms with Crippen LogP contribution < -0.4 is 5.32 Å². The molecule has 4 nitrogen and oxygen atoms in total. The lowest BCUT2D eigenvalue weighted by Crippen LogP contribution is -2.46. The van der Waals surface area contributed by atoms with Crippen LogP contribution in [0.15, 0.2) is 29.6 Å². The summed E-state index contributed by atoms with van der Waals surface area (Å²) in [6, 6.07) is 8.86. The molecule has 0 saturated carbocycles. The first-order valence-electron chi connectivity index (χ1n) is 9.67. The number of benzene rings is 1. The van der Waals surface area contributed by atoms with Crippen molar-refractivity contribution >= 4 is 42.1 Å². The second-order valence-corrected chi connectivity index (χ2v) is 8.15. The topological polar surface area (TPSA) is 45.2 Å². The number of amides is 1. The molecule has 1 aliphatic heterocycles. The molecule has 0 atom stereocenters. The van der Waals surface area contributed by atoms with E-state index in [2.05, 4.69) is 55.3 Å². The zero-order chi connectivity index (χ0) is 18.5. The second kappa shape index (κ2) is 11.8. The van der Waals surface area contributed by atoms with Crippen molar-refractivity contribution in [3.63, 3.8) is 0 Å². The molecule has 0 radical (unpaired) electrons. The Kier molecular flexibility index (Phi) is 10.5. The molecule has 1 amide bonds. The Balaban J connectivity index is 0.00000196. The number of nitrogens with one attached hydrogen (secondary N) is 1. The van der Waals surface area contributed by atoms with E-state index < -0.39 is 0 Å². The third kappa shape index (κ3) is 5.93. The van der Waals surface area contributed by atoms with E-state index in [0.29, 0.717) is 17.7 Å². The summed E-state index contributed by atoms with van der Waals surface area (Å²) in [4.78, 5) is 19.8. The average molecular weight is 444 g/mol. The van der Waals surface area contributed by atoms with E-state index in [1.54, 1.807) is 11.3 Å². The molecule has 0 unspecified atom stereocenters. The number of carbonyl (C=O) groups is 1. The van der Waals surface area contributed by atoms with Crippen LogP contribution in [0, 0.1) is 0 Å². The summed E-state index contributed by atoms with van der Waals surface area (Å²) in [5.41, 5.74) is 2.99. The number of carbonyl (C=O) groups excluding carboxylic acids is 1. The van der Waals surface area contributed by atoms with Gasteiger partial charge in [-0.05, 0) is 43.8 Å². The van der Waals surface area contributed by atoms with Crippen molar-refractivity contribution in [3.8, 4) is 10.6 Å². The molecule has 1 N–H and O–H groups in total. The van der Waals surface area contributed by atoms with Gasteiger partial charge in [0.15, 0.2) is 0 Å². The lowest BCUT2D eigenvalue weighted by molar-refractivity contribution is 0.0637. The smallest absolute Gasteiger partial charge is 0.273 e. The van der Waals surface area contributed by atoms with Crippen molar-refractivity contribution in [1.82, 2.24) is 15.2 Å². The van der Waals surface area contributed by atoms with Crippen molar-refractivity contribution in [1.29, 1.82) is 0 Å². The third-order valence-corrected chi connectivity index (χ3v) is 5.91. The van der Waals surface area contributed by atoms with Gasteiger partial charge >= 0.3 is 0 Å². The highest BCUT2D eigenvalue weighted by Gasteiger charge is 2.27. The van der Waals surface area contributed by atoms with E-state index in [1.807, 2.05) is 10.3 Å². The van der Waals surface area contributed by atoms with Gasteiger partial charge in [0.2, 0.25) is 0 Å². The Morgan fingerprint density at radius 3 is 2.43 bits per heavy atom. The fraction of sp³-hybridized carbons (Fsp3) is 0.524. The lowest BCUT2D eigenvalue weighted by Gasteiger charge is -2.34. The van der Waals surface area contributed by atoms with Gasteiger partial charge < -0.3 is 10.2 Å². The summed E-state index contributed by atoms with van der Waals surface area (Å²) in [7, 11) is 0. The minimum Gasteiger partial charge on any atom is -0.334 e. The largest absolute Gasteiger partial charge is 0.334 e. The molecule has 0 spiro atoms. The summed E-state index contributed by atoms with van der Waals surface area (Å²) >= 11 is 1.56. The van der Waals surface area contributed by atoms with Crippen LogP contribution in [-0.4, -0.2) is 41.5 Å². The fourth-order valence-electron chi connectivity index (χ4n) is 3.47. The number of rotatable bonds is 6. The van der Waals surface area contributed by atoms with E-state index >= 15 is 0 Å². The van der Waals surface area contributed by atoms with Gasteiger partial charge in [0.1, 0.15) is 10.7 Å². The van der Waals surface area contributed by atoms with E-state index in [9.17, 15) is 4.79 Å². The van der Waals surface area contributed by atoms with Gasteiger partial charge in [0, 0.05) is 23.5 Å². The first kappa shape index (κ1) is 24.9. The van der Waals surface area contributed by atoms with Crippen molar-refractivity contribution in [2.45, 2.75) is 52.0 Å². The van der Waals surface area contributed by atoms with Crippen LogP contribution in [-0.2, 0) is 0 Å². The molecule has 2 heterocycles. The van der Waals surface area contributed by atoms with Gasteiger partial charge in [0.05, 0.1) is 0 Å². The Morgan fingerprint density at radius 2 is 1.86 bits per heavy atom. The highest BCUT2D eigenvalue weighted by Crippen LogP contribution is 2.27. The molecule has 0 bridgehead atoms.